The predicted molar refractivity (Wildman–Crippen MR) is 69.3 cm³/mol. The van der Waals surface area contributed by atoms with Crippen molar-refractivity contribution in [3.8, 4) is 12.1 Å². The molecule has 94 valence electrons. The van der Waals surface area contributed by atoms with E-state index in [1.807, 2.05) is 37.3 Å². The molecule has 0 N–H and O–H groups in total. The molecule has 2 atom stereocenters. The van der Waals surface area contributed by atoms with Gasteiger partial charge in [0.25, 0.3) is 0 Å². The number of benzene rings is 1. The zero-order valence-corrected chi connectivity index (χ0v) is 10.7. The number of hydroxylamine groups is 1. The molecule has 0 fully saturated rings. The Kier molecular flexibility index (Phi) is 5.70. The number of rotatable bonds is 6. The number of hydrogen-bond acceptors (Lipinski definition) is 4. The van der Waals surface area contributed by atoms with E-state index in [9.17, 15) is 0 Å². The van der Waals surface area contributed by atoms with Crippen LogP contribution in [0, 0.1) is 34.5 Å². The third-order valence-corrected chi connectivity index (χ3v) is 2.41. The Balaban J connectivity index is 2.71. The molecule has 4 nitrogen and oxygen atoms in total. The fraction of sp³-hybridized carbons (Fsp3) is 0.429. The SMILES string of the molecule is CC(C#N)CON(CC(C)C#N)c1ccccc1. The maximum absolute atomic E-state index is 8.87. The average Bonchev–Trinajstić information content (AvgIpc) is 2.43. The molecule has 1 aromatic rings. The first-order valence-corrected chi connectivity index (χ1v) is 5.92. The fourth-order valence-electron chi connectivity index (χ4n) is 1.36. The Bertz CT molecular complexity index is 433. The molecule has 0 aliphatic heterocycles. The summed E-state index contributed by atoms with van der Waals surface area (Å²) < 4.78 is 0. The second-order valence-corrected chi connectivity index (χ2v) is 4.25. The standard InChI is InChI=1S/C14H17N3O/c1-12(8-15)10-17(18-11-13(2)9-16)14-6-4-3-5-7-14/h3-7,12-13H,10-11H2,1-2H3. The van der Waals surface area contributed by atoms with Gasteiger partial charge in [0.15, 0.2) is 0 Å². The molecular weight excluding hydrogens is 226 g/mol. The van der Waals surface area contributed by atoms with Gasteiger partial charge < -0.3 is 0 Å². The lowest BCUT2D eigenvalue weighted by Crippen LogP contribution is -2.30. The van der Waals surface area contributed by atoms with E-state index in [0.29, 0.717) is 13.2 Å². The minimum atomic E-state index is -0.173. The highest BCUT2D eigenvalue weighted by Crippen LogP contribution is 2.16. The average molecular weight is 243 g/mol. The van der Waals surface area contributed by atoms with Crippen LogP contribution in [0.2, 0.25) is 0 Å². The lowest BCUT2D eigenvalue weighted by atomic mass is 10.2. The number of anilines is 1. The van der Waals surface area contributed by atoms with Gasteiger partial charge in [0.05, 0.1) is 42.8 Å². The third kappa shape index (κ3) is 4.45. The van der Waals surface area contributed by atoms with Gasteiger partial charge in [0.2, 0.25) is 0 Å². The van der Waals surface area contributed by atoms with Crippen LogP contribution in [0.4, 0.5) is 5.69 Å². The molecule has 0 bridgehead atoms. The Labute approximate surface area is 108 Å². The van der Waals surface area contributed by atoms with Crippen LogP contribution in [0.1, 0.15) is 13.8 Å². The quantitative estimate of drug-likeness (QED) is 0.721. The number of para-hydroxylation sites is 1. The summed E-state index contributed by atoms with van der Waals surface area (Å²) in [6.07, 6.45) is 0. The zero-order chi connectivity index (χ0) is 13.4. The van der Waals surface area contributed by atoms with E-state index in [1.54, 1.807) is 12.0 Å². The highest BCUT2D eigenvalue weighted by atomic mass is 16.7. The summed E-state index contributed by atoms with van der Waals surface area (Å²) in [4.78, 5) is 5.61. The molecule has 0 saturated carbocycles. The van der Waals surface area contributed by atoms with Crippen molar-refractivity contribution in [3.63, 3.8) is 0 Å². The minimum absolute atomic E-state index is 0.136. The van der Waals surface area contributed by atoms with Crippen molar-refractivity contribution in [1.82, 2.24) is 0 Å². The van der Waals surface area contributed by atoms with Crippen LogP contribution in [-0.4, -0.2) is 13.2 Å². The van der Waals surface area contributed by atoms with Crippen LogP contribution >= 0.6 is 0 Å². The zero-order valence-electron chi connectivity index (χ0n) is 10.7. The second kappa shape index (κ2) is 7.32. The molecule has 0 aromatic heterocycles. The Morgan fingerprint density at radius 3 is 2.28 bits per heavy atom. The van der Waals surface area contributed by atoms with Crippen LogP contribution in [-0.2, 0) is 4.84 Å². The summed E-state index contributed by atoms with van der Waals surface area (Å²) in [6, 6.07) is 13.9. The van der Waals surface area contributed by atoms with Gasteiger partial charge in [0, 0.05) is 0 Å². The van der Waals surface area contributed by atoms with Gasteiger partial charge >= 0.3 is 0 Å². The number of nitrogens with zero attached hydrogens (tertiary/aromatic N) is 3. The van der Waals surface area contributed by atoms with Crippen LogP contribution in [0.3, 0.4) is 0 Å². The first-order chi connectivity index (χ1) is 8.67. The van der Waals surface area contributed by atoms with Gasteiger partial charge in [-0.3, -0.25) is 9.90 Å². The molecule has 4 heteroatoms. The molecule has 1 aromatic carbocycles. The van der Waals surface area contributed by atoms with Crippen molar-refractivity contribution in [3.05, 3.63) is 30.3 Å². The molecule has 0 spiro atoms. The van der Waals surface area contributed by atoms with Gasteiger partial charge in [-0.05, 0) is 26.0 Å². The molecule has 2 unspecified atom stereocenters. The predicted octanol–water partition coefficient (Wildman–Crippen LogP) is 2.74. The van der Waals surface area contributed by atoms with Gasteiger partial charge in [-0.15, -0.1) is 0 Å². The van der Waals surface area contributed by atoms with Crippen molar-refractivity contribution in [2.75, 3.05) is 18.2 Å². The molecule has 0 aliphatic carbocycles. The molecule has 1 rings (SSSR count). The third-order valence-electron chi connectivity index (χ3n) is 2.41. The molecule has 18 heavy (non-hydrogen) atoms. The second-order valence-electron chi connectivity index (χ2n) is 4.25. The normalized spacial score (nSPS) is 13.1. The van der Waals surface area contributed by atoms with E-state index in [4.69, 9.17) is 15.4 Å². The fourth-order valence-corrected chi connectivity index (χ4v) is 1.36. The minimum Gasteiger partial charge on any atom is -0.272 e. The summed E-state index contributed by atoms with van der Waals surface area (Å²) in [6.45, 7) is 4.45. The summed E-state index contributed by atoms with van der Waals surface area (Å²) in [7, 11) is 0. The topological polar surface area (TPSA) is 60.0 Å². The van der Waals surface area contributed by atoms with Crippen molar-refractivity contribution >= 4 is 5.69 Å². The smallest absolute Gasteiger partial charge is 0.0904 e. The molecule has 0 aliphatic rings. The maximum Gasteiger partial charge on any atom is 0.0904 e. The number of nitriles is 2. The molecule has 0 amide bonds. The lowest BCUT2D eigenvalue weighted by molar-refractivity contribution is 0.0900. The van der Waals surface area contributed by atoms with E-state index in [0.717, 1.165) is 5.69 Å². The van der Waals surface area contributed by atoms with Crippen molar-refractivity contribution < 1.29 is 4.84 Å². The van der Waals surface area contributed by atoms with Gasteiger partial charge in [-0.2, -0.15) is 10.5 Å². The van der Waals surface area contributed by atoms with Crippen molar-refractivity contribution in [1.29, 1.82) is 10.5 Å². The molecular formula is C14H17N3O. The van der Waals surface area contributed by atoms with E-state index >= 15 is 0 Å². The summed E-state index contributed by atoms with van der Waals surface area (Å²) in [5, 5.41) is 19.3. The number of hydrogen-bond donors (Lipinski definition) is 0. The molecule has 0 radical (unpaired) electrons. The highest BCUT2D eigenvalue weighted by Gasteiger charge is 2.12. The largest absolute Gasteiger partial charge is 0.272 e. The first-order valence-electron chi connectivity index (χ1n) is 5.92. The molecule has 0 heterocycles. The highest BCUT2D eigenvalue weighted by molar-refractivity contribution is 5.43. The first kappa shape index (κ1) is 14.0. The van der Waals surface area contributed by atoms with Gasteiger partial charge in [0.1, 0.15) is 0 Å². The van der Waals surface area contributed by atoms with E-state index in [1.165, 1.54) is 0 Å². The van der Waals surface area contributed by atoms with Crippen LogP contribution in [0.25, 0.3) is 0 Å². The van der Waals surface area contributed by atoms with E-state index in [2.05, 4.69) is 12.1 Å². The lowest BCUT2D eigenvalue weighted by Gasteiger charge is -2.25. The van der Waals surface area contributed by atoms with Crippen molar-refractivity contribution in [2.45, 2.75) is 13.8 Å². The Hall–Kier alpha value is -2.04. The van der Waals surface area contributed by atoms with Crippen LogP contribution in [0.15, 0.2) is 30.3 Å². The maximum atomic E-state index is 8.87. The van der Waals surface area contributed by atoms with E-state index in [-0.39, 0.29) is 11.8 Å². The molecule has 0 saturated heterocycles. The van der Waals surface area contributed by atoms with Crippen LogP contribution in [0.5, 0.6) is 0 Å². The summed E-state index contributed by atoms with van der Waals surface area (Å²) in [5.41, 5.74) is 0.893. The monoisotopic (exact) mass is 243 g/mol. The van der Waals surface area contributed by atoms with Gasteiger partial charge in [-0.25, -0.2) is 0 Å². The van der Waals surface area contributed by atoms with E-state index < -0.39 is 0 Å². The van der Waals surface area contributed by atoms with Crippen LogP contribution < -0.4 is 5.06 Å². The summed E-state index contributed by atoms with van der Waals surface area (Å²) >= 11 is 0. The van der Waals surface area contributed by atoms with Gasteiger partial charge in [-0.1, -0.05) is 18.2 Å². The summed E-state index contributed by atoms with van der Waals surface area (Å²) in [5.74, 6) is -0.309. The van der Waals surface area contributed by atoms with Crippen molar-refractivity contribution in [2.24, 2.45) is 11.8 Å². The Morgan fingerprint density at radius 1 is 1.11 bits per heavy atom. The Morgan fingerprint density at radius 2 is 1.72 bits per heavy atom.